The first-order chi connectivity index (χ1) is 11.2. The molecule has 24 heavy (non-hydrogen) atoms. The quantitative estimate of drug-likeness (QED) is 0.852. The Morgan fingerprint density at radius 3 is 2.46 bits per heavy atom. The normalized spacial score (nSPS) is 17.2. The molecule has 2 heterocycles. The van der Waals surface area contributed by atoms with Gasteiger partial charge in [0.05, 0.1) is 12.6 Å². The molecule has 1 aromatic rings. The largest absolute Gasteiger partial charge is 0.451 e. The average molecular weight is 349 g/mol. The van der Waals surface area contributed by atoms with Gasteiger partial charge in [-0.3, -0.25) is 14.3 Å². The van der Waals surface area contributed by atoms with E-state index in [0.717, 1.165) is 18.2 Å². The van der Waals surface area contributed by atoms with Crippen LogP contribution in [0.3, 0.4) is 0 Å². The van der Waals surface area contributed by atoms with Crippen molar-refractivity contribution in [3.05, 3.63) is 16.3 Å². The lowest BCUT2D eigenvalue weighted by Crippen LogP contribution is -2.43. The highest BCUT2D eigenvalue weighted by Crippen LogP contribution is 2.27. The molecule has 1 fully saturated rings. The zero-order valence-electron chi connectivity index (χ0n) is 13.8. The summed E-state index contributed by atoms with van der Waals surface area (Å²) in [5.74, 6) is -1.25. The molecule has 1 aliphatic heterocycles. The van der Waals surface area contributed by atoms with Crippen molar-refractivity contribution in [2.45, 2.75) is 38.4 Å². The van der Waals surface area contributed by atoms with Gasteiger partial charge in [0.1, 0.15) is 0 Å². The van der Waals surface area contributed by atoms with Gasteiger partial charge < -0.3 is 5.32 Å². The fourth-order valence-electron chi connectivity index (χ4n) is 2.79. The maximum Gasteiger partial charge on any atom is 0.451 e. The van der Waals surface area contributed by atoms with Gasteiger partial charge in [-0.05, 0) is 19.3 Å². The van der Waals surface area contributed by atoms with Gasteiger partial charge in [0, 0.05) is 26.7 Å². The van der Waals surface area contributed by atoms with Crippen LogP contribution in [0.4, 0.5) is 13.2 Å². The van der Waals surface area contributed by atoms with Crippen molar-refractivity contribution in [1.82, 2.24) is 24.6 Å². The number of alkyl halides is 3. The first-order valence-electron chi connectivity index (χ1n) is 7.95. The molecule has 1 N–H and O–H groups in total. The standard InChI is InChI=1S/C14H22F3N5O2/c1-3-6-18-11(23)9-21-7-4-10(5-8-21)22-13(24)20(2)12(19-22)14(15,16)17/h10H,3-9H2,1-2H3,(H,18,23). The van der Waals surface area contributed by atoms with Gasteiger partial charge in [0.25, 0.3) is 0 Å². The molecule has 0 spiro atoms. The van der Waals surface area contributed by atoms with Crippen molar-refractivity contribution < 1.29 is 18.0 Å². The molecule has 136 valence electrons. The maximum atomic E-state index is 12.8. The van der Waals surface area contributed by atoms with E-state index in [1.807, 2.05) is 11.8 Å². The van der Waals surface area contributed by atoms with Gasteiger partial charge in [0.2, 0.25) is 11.7 Å². The van der Waals surface area contributed by atoms with Crippen molar-refractivity contribution >= 4 is 5.91 Å². The Balaban J connectivity index is 1.98. The van der Waals surface area contributed by atoms with Crippen LogP contribution in [0.2, 0.25) is 0 Å². The van der Waals surface area contributed by atoms with Gasteiger partial charge in [0.15, 0.2) is 0 Å². The molecule has 0 unspecified atom stereocenters. The van der Waals surface area contributed by atoms with Crippen molar-refractivity contribution in [2.75, 3.05) is 26.2 Å². The van der Waals surface area contributed by atoms with Crippen LogP contribution in [0.1, 0.15) is 38.1 Å². The van der Waals surface area contributed by atoms with Crippen LogP contribution in [0, 0.1) is 0 Å². The van der Waals surface area contributed by atoms with Crippen LogP contribution < -0.4 is 11.0 Å². The Morgan fingerprint density at radius 2 is 1.96 bits per heavy atom. The van der Waals surface area contributed by atoms with Gasteiger partial charge in [-0.15, -0.1) is 5.10 Å². The van der Waals surface area contributed by atoms with E-state index in [-0.39, 0.29) is 18.5 Å². The molecule has 10 heteroatoms. The second kappa shape index (κ2) is 7.37. The molecule has 1 aliphatic rings. The number of likely N-dealkylation sites (tertiary alicyclic amines) is 1. The van der Waals surface area contributed by atoms with Gasteiger partial charge in [-0.25, -0.2) is 9.48 Å². The molecular weight excluding hydrogens is 327 g/mol. The first-order valence-corrected chi connectivity index (χ1v) is 7.95. The number of hydrogen-bond acceptors (Lipinski definition) is 4. The van der Waals surface area contributed by atoms with Crippen molar-refractivity contribution in [2.24, 2.45) is 7.05 Å². The van der Waals surface area contributed by atoms with E-state index < -0.39 is 17.7 Å². The van der Waals surface area contributed by atoms with Crippen LogP contribution in [-0.2, 0) is 18.0 Å². The minimum atomic E-state index is -4.66. The fourth-order valence-corrected chi connectivity index (χ4v) is 2.79. The number of carbonyl (C=O) groups is 1. The lowest BCUT2D eigenvalue weighted by Gasteiger charge is -2.30. The Morgan fingerprint density at radius 1 is 1.33 bits per heavy atom. The summed E-state index contributed by atoms with van der Waals surface area (Å²) >= 11 is 0. The van der Waals surface area contributed by atoms with E-state index in [1.165, 1.54) is 0 Å². The fraction of sp³-hybridized carbons (Fsp3) is 0.786. The summed E-state index contributed by atoms with van der Waals surface area (Å²) < 4.78 is 39.9. The molecule has 2 rings (SSSR count). The van der Waals surface area contributed by atoms with Gasteiger partial charge in [-0.2, -0.15) is 13.2 Å². The number of halogens is 3. The Labute approximate surface area is 137 Å². The smallest absolute Gasteiger partial charge is 0.355 e. The number of amides is 1. The molecule has 0 saturated carbocycles. The lowest BCUT2D eigenvalue weighted by molar-refractivity contribution is -0.147. The molecule has 0 radical (unpaired) electrons. The second-order valence-electron chi connectivity index (χ2n) is 5.96. The van der Waals surface area contributed by atoms with Crippen molar-refractivity contribution in [1.29, 1.82) is 0 Å². The van der Waals surface area contributed by atoms with Crippen LogP contribution in [0.15, 0.2) is 4.79 Å². The number of carbonyl (C=O) groups excluding carboxylic acids is 1. The van der Waals surface area contributed by atoms with E-state index >= 15 is 0 Å². The minimum absolute atomic E-state index is 0.0651. The molecule has 7 nitrogen and oxygen atoms in total. The Hall–Kier alpha value is -1.84. The average Bonchev–Trinajstić information content (AvgIpc) is 2.82. The van der Waals surface area contributed by atoms with Crippen molar-refractivity contribution in [3.63, 3.8) is 0 Å². The van der Waals surface area contributed by atoms with Gasteiger partial charge >= 0.3 is 11.9 Å². The lowest BCUT2D eigenvalue weighted by atomic mass is 10.1. The number of rotatable bonds is 5. The van der Waals surface area contributed by atoms with E-state index in [1.54, 1.807) is 0 Å². The first kappa shape index (κ1) is 18.5. The zero-order chi connectivity index (χ0) is 17.9. The third-order valence-corrected chi connectivity index (χ3v) is 4.10. The third kappa shape index (κ3) is 4.16. The highest BCUT2D eigenvalue weighted by molar-refractivity contribution is 5.77. The molecule has 1 saturated heterocycles. The summed E-state index contributed by atoms with van der Waals surface area (Å²) in [4.78, 5) is 25.6. The molecule has 1 aromatic heterocycles. The topological polar surface area (TPSA) is 72.2 Å². The summed E-state index contributed by atoms with van der Waals surface area (Å²) in [6.07, 6.45) is -2.83. The Kier molecular flexibility index (Phi) is 5.68. The maximum absolute atomic E-state index is 12.8. The van der Waals surface area contributed by atoms with E-state index in [9.17, 15) is 22.8 Å². The number of hydrogen-bond donors (Lipinski definition) is 1. The molecule has 0 aromatic carbocycles. The van der Waals surface area contributed by atoms with Crippen molar-refractivity contribution in [3.8, 4) is 0 Å². The monoisotopic (exact) mass is 349 g/mol. The Bertz CT molecular complexity index is 629. The molecular formula is C14H22F3N5O2. The summed E-state index contributed by atoms with van der Waals surface area (Å²) in [6.45, 7) is 3.92. The van der Waals surface area contributed by atoms with Crippen LogP contribution in [0.25, 0.3) is 0 Å². The van der Waals surface area contributed by atoms with E-state index in [2.05, 4.69) is 10.4 Å². The summed E-state index contributed by atoms with van der Waals surface area (Å²) in [7, 11) is 1.07. The van der Waals surface area contributed by atoms with E-state index in [0.29, 0.717) is 37.0 Å². The highest BCUT2D eigenvalue weighted by Gasteiger charge is 2.39. The van der Waals surface area contributed by atoms with E-state index in [4.69, 9.17) is 0 Å². The number of nitrogens with one attached hydrogen (secondary N) is 1. The SMILES string of the molecule is CCCNC(=O)CN1CCC(n2nc(C(F)(F)F)n(C)c2=O)CC1. The predicted octanol–water partition coefficient (Wildman–Crippen LogP) is 0.764. The third-order valence-electron chi connectivity index (χ3n) is 4.10. The molecule has 0 bridgehead atoms. The van der Waals surface area contributed by atoms with Crippen LogP contribution in [0.5, 0.6) is 0 Å². The highest BCUT2D eigenvalue weighted by atomic mass is 19.4. The second-order valence-corrected chi connectivity index (χ2v) is 5.96. The number of nitrogens with zero attached hydrogens (tertiary/aromatic N) is 4. The van der Waals surface area contributed by atoms with Gasteiger partial charge in [-0.1, -0.05) is 6.92 Å². The molecule has 0 atom stereocenters. The summed E-state index contributed by atoms with van der Waals surface area (Å²) in [6, 6.07) is -0.380. The minimum Gasteiger partial charge on any atom is -0.355 e. The van der Waals surface area contributed by atoms with Crippen LogP contribution in [-0.4, -0.2) is 51.3 Å². The predicted molar refractivity (Wildman–Crippen MR) is 80.5 cm³/mol. The molecule has 0 aliphatic carbocycles. The summed E-state index contributed by atoms with van der Waals surface area (Å²) in [5.41, 5.74) is -0.763. The number of aromatic nitrogens is 3. The molecule has 1 amide bonds. The summed E-state index contributed by atoms with van der Waals surface area (Å²) in [5, 5.41) is 6.26. The number of piperidine rings is 1. The van der Waals surface area contributed by atoms with Crippen LogP contribution >= 0.6 is 0 Å². The zero-order valence-corrected chi connectivity index (χ0v) is 13.8.